The summed E-state index contributed by atoms with van der Waals surface area (Å²) in [4.78, 5) is 11.8. The molecular weight excluding hydrogens is 284 g/mol. The van der Waals surface area contributed by atoms with Crippen LogP contribution in [0, 0.1) is 13.8 Å². The Labute approximate surface area is 130 Å². The molecule has 2 aromatic carbocycles. The predicted octanol–water partition coefficient (Wildman–Crippen LogP) is 3.93. The molecule has 2 rings (SSSR count). The molecule has 0 bridgehead atoms. The number of aryl methyl sites for hydroxylation is 1. The maximum atomic E-state index is 11.8. The SMILES string of the molecule is CNC(=O)c1cccc(NCc2ccc(C)c(Cl)c2)c1C. The van der Waals surface area contributed by atoms with Crippen LogP contribution in [0.3, 0.4) is 0 Å². The zero-order valence-electron chi connectivity index (χ0n) is 12.5. The first-order chi connectivity index (χ1) is 10.0. The summed E-state index contributed by atoms with van der Waals surface area (Å²) in [5, 5.41) is 6.78. The van der Waals surface area contributed by atoms with Crippen molar-refractivity contribution >= 4 is 23.2 Å². The summed E-state index contributed by atoms with van der Waals surface area (Å²) in [5.74, 6) is -0.0745. The van der Waals surface area contributed by atoms with Crippen LogP contribution in [-0.2, 0) is 6.54 Å². The van der Waals surface area contributed by atoms with E-state index in [0.29, 0.717) is 12.1 Å². The van der Waals surface area contributed by atoms with Crippen LogP contribution >= 0.6 is 11.6 Å². The van der Waals surface area contributed by atoms with Gasteiger partial charge in [0.2, 0.25) is 0 Å². The van der Waals surface area contributed by atoms with E-state index in [1.165, 1.54) is 0 Å². The second-order valence-corrected chi connectivity index (χ2v) is 5.40. The number of rotatable bonds is 4. The molecule has 0 saturated carbocycles. The molecule has 2 aromatic rings. The van der Waals surface area contributed by atoms with Crippen LogP contribution < -0.4 is 10.6 Å². The van der Waals surface area contributed by atoms with Crippen molar-refractivity contribution in [2.75, 3.05) is 12.4 Å². The third kappa shape index (κ3) is 3.56. The predicted molar refractivity (Wildman–Crippen MR) is 88.1 cm³/mol. The van der Waals surface area contributed by atoms with Crippen molar-refractivity contribution in [2.24, 2.45) is 0 Å². The lowest BCUT2D eigenvalue weighted by Crippen LogP contribution is -2.19. The Morgan fingerprint density at radius 3 is 2.62 bits per heavy atom. The molecule has 0 heterocycles. The number of halogens is 1. The molecule has 4 heteroatoms. The van der Waals surface area contributed by atoms with Gasteiger partial charge >= 0.3 is 0 Å². The minimum atomic E-state index is -0.0745. The van der Waals surface area contributed by atoms with Gasteiger partial charge in [0, 0.05) is 29.9 Å². The van der Waals surface area contributed by atoms with Crippen LogP contribution in [-0.4, -0.2) is 13.0 Å². The van der Waals surface area contributed by atoms with Gasteiger partial charge in [0.05, 0.1) is 0 Å². The van der Waals surface area contributed by atoms with E-state index < -0.39 is 0 Å². The Bertz CT molecular complexity index is 668. The van der Waals surface area contributed by atoms with Gasteiger partial charge in [0.15, 0.2) is 0 Å². The van der Waals surface area contributed by atoms with Crippen LogP contribution in [0.4, 0.5) is 5.69 Å². The number of anilines is 1. The van der Waals surface area contributed by atoms with Crippen LogP contribution in [0.15, 0.2) is 36.4 Å². The molecule has 0 aromatic heterocycles. The van der Waals surface area contributed by atoms with E-state index in [4.69, 9.17) is 11.6 Å². The zero-order valence-corrected chi connectivity index (χ0v) is 13.2. The molecule has 2 N–H and O–H groups in total. The molecule has 0 radical (unpaired) electrons. The molecule has 0 atom stereocenters. The van der Waals surface area contributed by atoms with Crippen molar-refractivity contribution in [2.45, 2.75) is 20.4 Å². The Morgan fingerprint density at radius 1 is 1.19 bits per heavy atom. The highest BCUT2D eigenvalue weighted by Crippen LogP contribution is 2.21. The largest absolute Gasteiger partial charge is 0.381 e. The van der Waals surface area contributed by atoms with Crippen LogP contribution in [0.5, 0.6) is 0 Å². The third-order valence-electron chi connectivity index (χ3n) is 3.52. The summed E-state index contributed by atoms with van der Waals surface area (Å²) in [6.45, 7) is 4.59. The quantitative estimate of drug-likeness (QED) is 0.898. The first-order valence-electron chi connectivity index (χ1n) is 6.83. The summed E-state index contributed by atoms with van der Waals surface area (Å²) in [5.41, 5.74) is 4.75. The minimum Gasteiger partial charge on any atom is -0.381 e. The highest BCUT2D eigenvalue weighted by Gasteiger charge is 2.09. The smallest absolute Gasteiger partial charge is 0.251 e. The van der Waals surface area contributed by atoms with Gasteiger partial charge in [-0.1, -0.05) is 29.8 Å². The first kappa shape index (κ1) is 15.4. The number of carbonyl (C=O) groups excluding carboxylic acids is 1. The summed E-state index contributed by atoms with van der Waals surface area (Å²) < 4.78 is 0. The van der Waals surface area contributed by atoms with E-state index >= 15 is 0 Å². The lowest BCUT2D eigenvalue weighted by atomic mass is 10.1. The van der Waals surface area contributed by atoms with Gasteiger partial charge in [0.25, 0.3) is 5.91 Å². The second kappa shape index (κ2) is 6.64. The monoisotopic (exact) mass is 302 g/mol. The normalized spacial score (nSPS) is 10.3. The maximum absolute atomic E-state index is 11.8. The van der Waals surface area contributed by atoms with Gasteiger partial charge in [-0.15, -0.1) is 0 Å². The summed E-state index contributed by atoms with van der Waals surface area (Å²) in [7, 11) is 1.64. The molecule has 21 heavy (non-hydrogen) atoms. The maximum Gasteiger partial charge on any atom is 0.251 e. The van der Waals surface area contributed by atoms with Gasteiger partial charge in [-0.25, -0.2) is 0 Å². The van der Waals surface area contributed by atoms with Crippen molar-refractivity contribution in [3.05, 3.63) is 63.7 Å². The van der Waals surface area contributed by atoms with E-state index in [9.17, 15) is 4.79 Å². The highest BCUT2D eigenvalue weighted by molar-refractivity contribution is 6.31. The lowest BCUT2D eigenvalue weighted by molar-refractivity contribution is 0.0962. The van der Waals surface area contributed by atoms with Crippen molar-refractivity contribution in [1.29, 1.82) is 0 Å². The van der Waals surface area contributed by atoms with E-state index in [2.05, 4.69) is 10.6 Å². The van der Waals surface area contributed by atoms with Crippen molar-refractivity contribution in [3.8, 4) is 0 Å². The Balaban J connectivity index is 2.16. The fourth-order valence-electron chi connectivity index (χ4n) is 2.15. The molecule has 0 spiro atoms. The topological polar surface area (TPSA) is 41.1 Å². The number of carbonyl (C=O) groups is 1. The molecule has 110 valence electrons. The summed E-state index contributed by atoms with van der Waals surface area (Å²) in [6, 6.07) is 11.7. The number of amides is 1. The second-order valence-electron chi connectivity index (χ2n) is 4.99. The molecule has 3 nitrogen and oxygen atoms in total. The molecule has 0 aliphatic heterocycles. The standard InChI is InChI=1S/C17H19ClN2O/c1-11-7-8-13(9-15(11)18)10-20-16-6-4-5-14(12(16)2)17(21)19-3/h4-9,20H,10H2,1-3H3,(H,19,21). The van der Waals surface area contributed by atoms with E-state index in [1.54, 1.807) is 7.05 Å². The molecule has 0 aliphatic carbocycles. The fraction of sp³-hybridized carbons (Fsp3) is 0.235. The highest BCUT2D eigenvalue weighted by atomic mass is 35.5. The molecule has 0 fully saturated rings. The summed E-state index contributed by atoms with van der Waals surface area (Å²) >= 11 is 6.13. The number of benzene rings is 2. The Morgan fingerprint density at radius 2 is 1.95 bits per heavy atom. The van der Waals surface area contributed by atoms with Crippen molar-refractivity contribution in [3.63, 3.8) is 0 Å². The number of hydrogen-bond donors (Lipinski definition) is 2. The van der Waals surface area contributed by atoms with Crippen molar-refractivity contribution in [1.82, 2.24) is 5.32 Å². The first-order valence-corrected chi connectivity index (χ1v) is 7.21. The van der Waals surface area contributed by atoms with Crippen LogP contribution in [0.2, 0.25) is 5.02 Å². The molecule has 1 amide bonds. The average Bonchev–Trinajstić information content (AvgIpc) is 2.49. The average molecular weight is 303 g/mol. The van der Waals surface area contributed by atoms with Gasteiger partial charge in [0.1, 0.15) is 0 Å². The van der Waals surface area contributed by atoms with Crippen molar-refractivity contribution < 1.29 is 4.79 Å². The minimum absolute atomic E-state index is 0.0745. The van der Waals surface area contributed by atoms with E-state index in [1.807, 2.05) is 50.2 Å². The number of hydrogen-bond acceptors (Lipinski definition) is 2. The van der Waals surface area contributed by atoms with Gasteiger partial charge < -0.3 is 10.6 Å². The molecule has 0 aliphatic rings. The number of nitrogens with one attached hydrogen (secondary N) is 2. The lowest BCUT2D eigenvalue weighted by Gasteiger charge is -2.13. The summed E-state index contributed by atoms with van der Waals surface area (Å²) in [6.07, 6.45) is 0. The van der Waals surface area contributed by atoms with Gasteiger partial charge in [-0.2, -0.15) is 0 Å². The molecule has 0 unspecified atom stereocenters. The molecule has 0 saturated heterocycles. The van der Waals surface area contributed by atoms with Crippen LogP contribution in [0.25, 0.3) is 0 Å². The third-order valence-corrected chi connectivity index (χ3v) is 3.93. The molecular formula is C17H19ClN2O. The van der Waals surface area contributed by atoms with E-state index in [-0.39, 0.29) is 5.91 Å². The van der Waals surface area contributed by atoms with E-state index in [0.717, 1.165) is 27.4 Å². The zero-order chi connectivity index (χ0) is 15.4. The van der Waals surface area contributed by atoms with Crippen LogP contribution in [0.1, 0.15) is 27.0 Å². The van der Waals surface area contributed by atoms with Gasteiger partial charge in [-0.3, -0.25) is 4.79 Å². The Kier molecular flexibility index (Phi) is 4.86. The fourth-order valence-corrected chi connectivity index (χ4v) is 2.35. The van der Waals surface area contributed by atoms with Gasteiger partial charge in [-0.05, 0) is 48.7 Å². The Hall–Kier alpha value is -2.00.